The van der Waals surface area contributed by atoms with Crippen LogP contribution in [0.2, 0.25) is 0 Å². The summed E-state index contributed by atoms with van der Waals surface area (Å²) in [4.78, 5) is 0. The lowest BCUT2D eigenvalue weighted by atomic mass is 9.65. The second-order valence-corrected chi connectivity index (χ2v) is 8.55. The molecule has 0 N–H and O–H groups in total. The van der Waals surface area contributed by atoms with Gasteiger partial charge in [-0.1, -0.05) is 0 Å². The minimum Gasteiger partial charge on any atom is -0.251 e. The lowest BCUT2D eigenvalue weighted by Gasteiger charge is -2.41. The normalized spacial score (nSPS) is 43.9. The van der Waals surface area contributed by atoms with E-state index < -0.39 is 0 Å². The number of hydrogen-bond acceptors (Lipinski definition) is 0. The summed E-state index contributed by atoms with van der Waals surface area (Å²) in [5.41, 5.74) is 0. The van der Waals surface area contributed by atoms with Crippen LogP contribution in [0.3, 0.4) is 0 Å². The van der Waals surface area contributed by atoms with Gasteiger partial charge in [-0.2, -0.15) is 0 Å². The Morgan fingerprint density at radius 2 is 0.636 bits per heavy atom. The Bertz CT molecular complexity index is 274. The topological polar surface area (TPSA) is 0 Å². The molecule has 0 aromatic carbocycles. The van der Waals surface area contributed by atoms with Gasteiger partial charge < -0.3 is 0 Å². The van der Waals surface area contributed by atoms with E-state index in [1.54, 1.807) is 0 Å². The van der Waals surface area contributed by atoms with Crippen molar-refractivity contribution >= 4 is 0 Å². The quantitative estimate of drug-likeness (QED) is 0.568. The molecule has 0 aromatic rings. The average molecular weight is 312 g/mol. The molecule has 0 amide bonds. The molecular weight excluding hydrogens is 278 g/mol. The molecule has 128 valence electrons. The third-order valence-electron chi connectivity index (χ3n) is 7.37. The molecule has 0 aliphatic heterocycles. The van der Waals surface area contributed by atoms with Crippen molar-refractivity contribution in [3.8, 4) is 0 Å². The third-order valence-corrected chi connectivity index (χ3v) is 7.37. The molecule has 0 unspecified atom stereocenters. The van der Waals surface area contributed by atoms with E-state index in [1.165, 1.54) is 51.4 Å². The van der Waals surface area contributed by atoms with E-state index >= 15 is 0 Å². The van der Waals surface area contributed by atoms with Gasteiger partial charge in [-0.15, -0.1) is 0 Å². The van der Waals surface area contributed by atoms with Gasteiger partial charge in [0.15, 0.2) is 0 Å². The standard InChI is InChI=1S/C20H34F2/c21-13-15-1-5-17(6-2-15)19-9-11-20(12-10-19)18-7-3-16(14-22)4-8-18/h15-20H,1-14H2. The molecule has 3 fully saturated rings. The number of rotatable bonds is 4. The molecule has 3 aliphatic rings. The molecule has 3 rings (SSSR count). The van der Waals surface area contributed by atoms with E-state index in [1.807, 2.05) is 0 Å². The van der Waals surface area contributed by atoms with Gasteiger partial charge in [0, 0.05) is 0 Å². The van der Waals surface area contributed by atoms with E-state index in [0.29, 0.717) is 11.8 Å². The fraction of sp³-hybridized carbons (Fsp3) is 1.00. The van der Waals surface area contributed by atoms with Gasteiger partial charge >= 0.3 is 0 Å². The first-order valence-corrected chi connectivity index (χ1v) is 9.92. The molecule has 3 aliphatic carbocycles. The van der Waals surface area contributed by atoms with Crippen molar-refractivity contribution in [2.45, 2.75) is 77.0 Å². The zero-order valence-electron chi connectivity index (χ0n) is 14.1. The Labute approximate surface area is 135 Å². The van der Waals surface area contributed by atoms with Crippen LogP contribution in [-0.4, -0.2) is 13.3 Å². The van der Waals surface area contributed by atoms with E-state index in [4.69, 9.17) is 0 Å². The van der Waals surface area contributed by atoms with Crippen LogP contribution in [0.25, 0.3) is 0 Å². The molecule has 0 bridgehead atoms. The lowest BCUT2D eigenvalue weighted by Crippen LogP contribution is -2.30. The Morgan fingerprint density at radius 1 is 0.409 bits per heavy atom. The summed E-state index contributed by atoms with van der Waals surface area (Å²) in [5.74, 6) is 4.39. The van der Waals surface area contributed by atoms with Crippen LogP contribution in [0.5, 0.6) is 0 Å². The first-order chi connectivity index (χ1) is 10.8. The number of halogens is 2. The van der Waals surface area contributed by atoms with Gasteiger partial charge in [0.1, 0.15) is 0 Å². The van der Waals surface area contributed by atoms with Crippen molar-refractivity contribution in [2.24, 2.45) is 35.5 Å². The summed E-state index contributed by atoms with van der Waals surface area (Å²) in [7, 11) is 0. The first-order valence-electron chi connectivity index (χ1n) is 9.92. The molecule has 0 saturated heterocycles. The molecule has 2 heteroatoms. The van der Waals surface area contributed by atoms with Crippen LogP contribution in [0, 0.1) is 35.5 Å². The van der Waals surface area contributed by atoms with Crippen LogP contribution >= 0.6 is 0 Å². The Hall–Kier alpha value is -0.140. The fourth-order valence-electron chi connectivity index (χ4n) is 5.72. The zero-order valence-corrected chi connectivity index (χ0v) is 14.1. The van der Waals surface area contributed by atoms with E-state index in [-0.39, 0.29) is 13.3 Å². The SMILES string of the molecule is FCC1CCC(C2CCC(C3CCC(CF)CC3)CC2)CC1. The van der Waals surface area contributed by atoms with Crippen molar-refractivity contribution in [1.29, 1.82) is 0 Å². The van der Waals surface area contributed by atoms with Gasteiger partial charge in [-0.3, -0.25) is 8.78 Å². The van der Waals surface area contributed by atoms with E-state index in [9.17, 15) is 8.78 Å². The monoisotopic (exact) mass is 312 g/mol. The third kappa shape index (κ3) is 4.03. The molecule has 0 heterocycles. The van der Waals surface area contributed by atoms with Crippen molar-refractivity contribution in [3.05, 3.63) is 0 Å². The Balaban J connectivity index is 1.39. The van der Waals surface area contributed by atoms with Crippen LogP contribution in [-0.2, 0) is 0 Å². The van der Waals surface area contributed by atoms with Crippen LogP contribution < -0.4 is 0 Å². The predicted octanol–water partition coefficient (Wildman–Crippen LogP) is 6.34. The van der Waals surface area contributed by atoms with Crippen LogP contribution in [0.4, 0.5) is 8.78 Å². The highest BCUT2D eigenvalue weighted by atomic mass is 19.1. The van der Waals surface area contributed by atoms with Crippen LogP contribution in [0.15, 0.2) is 0 Å². The molecule has 0 nitrogen and oxygen atoms in total. The first kappa shape index (κ1) is 16.7. The molecule has 0 aromatic heterocycles. The zero-order chi connectivity index (χ0) is 15.4. The minimum absolute atomic E-state index is 0.0962. The molecule has 22 heavy (non-hydrogen) atoms. The molecule has 0 radical (unpaired) electrons. The van der Waals surface area contributed by atoms with Crippen LogP contribution in [0.1, 0.15) is 77.0 Å². The van der Waals surface area contributed by atoms with Gasteiger partial charge in [-0.05, 0) is 113 Å². The molecule has 0 atom stereocenters. The maximum absolute atomic E-state index is 12.7. The maximum atomic E-state index is 12.7. The molecule has 3 saturated carbocycles. The van der Waals surface area contributed by atoms with Crippen molar-refractivity contribution in [2.75, 3.05) is 13.3 Å². The highest BCUT2D eigenvalue weighted by Gasteiger charge is 2.34. The van der Waals surface area contributed by atoms with Crippen molar-refractivity contribution in [3.63, 3.8) is 0 Å². The van der Waals surface area contributed by atoms with E-state index in [0.717, 1.165) is 49.4 Å². The summed E-state index contributed by atoms with van der Waals surface area (Å²) in [6.45, 7) is -0.192. The summed E-state index contributed by atoms with van der Waals surface area (Å²) >= 11 is 0. The van der Waals surface area contributed by atoms with Gasteiger partial charge in [0.2, 0.25) is 0 Å². The predicted molar refractivity (Wildman–Crippen MR) is 88.3 cm³/mol. The van der Waals surface area contributed by atoms with Gasteiger partial charge in [0.05, 0.1) is 13.3 Å². The lowest BCUT2D eigenvalue weighted by molar-refractivity contribution is 0.0980. The van der Waals surface area contributed by atoms with Crippen molar-refractivity contribution < 1.29 is 8.78 Å². The summed E-state index contributed by atoms with van der Waals surface area (Å²) < 4.78 is 25.5. The molecular formula is C20H34F2. The van der Waals surface area contributed by atoms with Crippen molar-refractivity contribution in [1.82, 2.24) is 0 Å². The minimum atomic E-state index is -0.0962. The highest BCUT2D eigenvalue weighted by molar-refractivity contribution is 4.85. The number of hydrogen-bond donors (Lipinski definition) is 0. The molecule has 0 spiro atoms. The largest absolute Gasteiger partial charge is 0.251 e. The van der Waals surface area contributed by atoms with Gasteiger partial charge in [0.25, 0.3) is 0 Å². The second kappa shape index (κ2) is 8.11. The van der Waals surface area contributed by atoms with E-state index in [2.05, 4.69) is 0 Å². The van der Waals surface area contributed by atoms with Gasteiger partial charge in [-0.25, -0.2) is 0 Å². The Kier molecular flexibility index (Phi) is 6.16. The number of alkyl halides is 2. The maximum Gasteiger partial charge on any atom is 0.0922 e. The highest BCUT2D eigenvalue weighted by Crippen LogP contribution is 2.45. The Morgan fingerprint density at radius 3 is 0.864 bits per heavy atom. The smallest absolute Gasteiger partial charge is 0.0922 e. The second-order valence-electron chi connectivity index (χ2n) is 8.55. The summed E-state index contributed by atoms with van der Waals surface area (Å²) in [6, 6.07) is 0. The summed E-state index contributed by atoms with van der Waals surface area (Å²) in [6.07, 6.45) is 15.3. The average Bonchev–Trinajstić information content (AvgIpc) is 2.62. The summed E-state index contributed by atoms with van der Waals surface area (Å²) in [5, 5.41) is 0. The fourth-order valence-corrected chi connectivity index (χ4v) is 5.72.